The number of rotatable bonds is 4. The van der Waals surface area contributed by atoms with Gasteiger partial charge in [-0.15, -0.1) is 0 Å². The average molecular weight is 392 g/mol. The van der Waals surface area contributed by atoms with Crippen molar-refractivity contribution in [2.24, 2.45) is 0 Å². The first-order valence-electron chi connectivity index (χ1n) is 8.75. The maximum Gasteiger partial charge on any atom is 0.243 e. The van der Waals surface area contributed by atoms with Crippen LogP contribution in [0.25, 0.3) is 0 Å². The first-order valence-corrected chi connectivity index (χ1v) is 11.2. The van der Waals surface area contributed by atoms with E-state index in [0.29, 0.717) is 29.0 Å². The number of hydrogen-bond donors (Lipinski definition) is 0. The summed E-state index contributed by atoms with van der Waals surface area (Å²) in [5.41, 5.74) is 3.42. The van der Waals surface area contributed by atoms with E-state index in [1.807, 2.05) is 24.8 Å². The number of ether oxygens (including phenoxy) is 1. The number of aryl methyl sites for hydroxylation is 2. The molecular weight excluding hydrogens is 366 g/mol. The van der Waals surface area contributed by atoms with Crippen molar-refractivity contribution < 1.29 is 13.2 Å². The van der Waals surface area contributed by atoms with Crippen molar-refractivity contribution in [2.45, 2.75) is 30.4 Å². The fourth-order valence-corrected chi connectivity index (χ4v) is 6.33. The second-order valence-electron chi connectivity index (χ2n) is 6.54. The lowest BCUT2D eigenvalue weighted by Gasteiger charge is -2.21. The fraction of sp³-hybridized carbons (Fsp3) is 0.400. The molecule has 26 heavy (non-hydrogen) atoms. The van der Waals surface area contributed by atoms with E-state index in [1.54, 1.807) is 29.6 Å². The van der Waals surface area contributed by atoms with Crippen molar-refractivity contribution in [3.8, 4) is 5.75 Å². The molecular formula is C20H25NO3S2. The highest BCUT2D eigenvalue weighted by molar-refractivity contribution is 7.99. The van der Waals surface area contributed by atoms with Gasteiger partial charge in [-0.3, -0.25) is 0 Å². The largest absolute Gasteiger partial charge is 0.496 e. The van der Waals surface area contributed by atoms with Gasteiger partial charge in [0.05, 0.1) is 12.0 Å². The van der Waals surface area contributed by atoms with Gasteiger partial charge in [0.15, 0.2) is 0 Å². The van der Waals surface area contributed by atoms with Crippen molar-refractivity contribution in [3.05, 3.63) is 59.2 Å². The first kappa shape index (κ1) is 19.3. The number of benzene rings is 2. The Morgan fingerprint density at radius 1 is 1.08 bits per heavy atom. The van der Waals surface area contributed by atoms with Crippen LogP contribution in [0.5, 0.6) is 5.75 Å². The van der Waals surface area contributed by atoms with Crippen LogP contribution in [0, 0.1) is 13.8 Å². The van der Waals surface area contributed by atoms with E-state index >= 15 is 0 Å². The third-order valence-corrected chi connectivity index (χ3v) is 8.04. The average Bonchev–Trinajstić information content (AvgIpc) is 2.88. The van der Waals surface area contributed by atoms with Crippen LogP contribution in [-0.4, -0.2) is 38.7 Å². The van der Waals surface area contributed by atoms with Gasteiger partial charge in [0.2, 0.25) is 10.0 Å². The lowest BCUT2D eigenvalue weighted by Crippen LogP contribution is -2.33. The summed E-state index contributed by atoms with van der Waals surface area (Å²) in [7, 11) is -1.89. The van der Waals surface area contributed by atoms with E-state index in [9.17, 15) is 8.42 Å². The highest BCUT2D eigenvalue weighted by atomic mass is 32.2. The molecule has 0 saturated carbocycles. The molecule has 140 valence electrons. The summed E-state index contributed by atoms with van der Waals surface area (Å²) < 4.78 is 33.0. The molecule has 1 aliphatic rings. The van der Waals surface area contributed by atoms with Crippen molar-refractivity contribution >= 4 is 21.8 Å². The van der Waals surface area contributed by atoms with Gasteiger partial charge in [0.25, 0.3) is 0 Å². The third kappa shape index (κ3) is 3.92. The zero-order valence-electron chi connectivity index (χ0n) is 15.4. The van der Waals surface area contributed by atoms with Gasteiger partial charge in [-0.1, -0.05) is 24.3 Å². The topological polar surface area (TPSA) is 46.6 Å². The molecule has 2 aromatic carbocycles. The molecule has 0 amide bonds. The molecule has 2 aromatic rings. The quantitative estimate of drug-likeness (QED) is 0.784. The highest BCUT2D eigenvalue weighted by Gasteiger charge is 2.29. The lowest BCUT2D eigenvalue weighted by atomic mass is 10.0. The van der Waals surface area contributed by atoms with Crippen LogP contribution in [0.3, 0.4) is 0 Å². The predicted octanol–water partition coefficient (Wildman–Crippen LogP) is 4.18. The lowest BCUT2D eigenvalue weighted by molar-refractivity contribution is 0.410. The molecule has 3 rings (SSSR count). The van der Waals surface area contributed by atoms with Crippen LogP contribution in [0.1, 0.15) is 28.4 Å². The summed E-state index contributed by atoms with van der Waals surface area (Å²) in [4.78, 5) is 0.343. The molecule has 4 nitrogen and oxygen atoms in total. The maximum absolute atomic E-state index is 13.1. The molecule has 0 bridgehead atoms. The monoisotopic (exact) mass is 391 g/mol. The Morgan fingerprint density at radius 2 is 1.85 bits per heavy atom. The van der Waals surface area contributed by atoms with Gasteiger partial charge in [0.1, 0.15) is 5.75 Å². The van der Waals surface area contributed by atoms with Crippen LogP contribution < -0.4 is 4.74 Å². The Labute approximate surface area is 160 Å². The predicted molar refractivity (Wildman–Crippen MR) is 107 cm³/mol. The van der Waals surface area contributed by atoms with Gasteiger partial charge in [-0.25, -0.2) is 8.42 Å². The van der Waals surface area contributed by atoms with Crippen molar-refractivity contribution in [1.82, 2.24) is 4.31 Å². The molecule has 1 heterocycles. The Balaban J connectivity index is 1.80. The summed E-state index contributed by atoms with van der Waals surface area (Å²) in [5, 5.41) is 0.342. The van der Waals surface area contributed by atoms with Gasteiger partial charge < -0.3 is 4.74 Å². The molecule has 0 aliphatic carbocycles. The highest BCUT2D eigenvalue weighted by Crippen LogP contribution is 2.37. The molecule has 0 N–H and O–H groups in total. The van der Waals surface area contributed by atoms with E-state index in [0.717, 1.165) is 17.7 Å². The van der Waals surface area contributed by atoms with Crippen molar-refractivity contribution in [1.29, 1.82) is 0 Å². The number of methoxy groups -OCH3 is 1. The van der Waals surface area contributed by atoms with Crippen LogP contribution >= 0.6 is 11.8 Å². The van der Waals surface area contributed by atoms with E-state index in [-0.39, 0.29) is 0 Å². The molecule has 1 saturated heterocycles. The summed E-state index contributed by atoms with van der Waals surface area (Å²) in [5.74, 6) is 1.50. The standard InChI is InChI=1S/C20H25NO3S2/c1-15-6-4-5-7-18(15)20-10-11-21(12-13-25-20)26(22,23)17-8-9-19(24-3)16(2)14-17/h4-9,14,20H,10-13H2,1-3H3. The van der Waals surface area contributed by atoms with Gasteiger partial charge in [-0.2, -0.15) is 16.1 Å². The molecule has 1 fully saturated rings. The first-order chi connectivity index (χ1) is 12.4. The normalized spacial score (nSPS) is 19.1. The molecule has 1 aliphatic heterocycles. The molecule has 1 atom stereocenters. The number of nitrogens with zero attached hydrogens (tertiary/aromatic N) is 1. The van der Waals surface area contributed by atoms with Crippen LogP contribution in [0.4, 0.5) is 0 Å². The van der Waals surface area contributed by atoms with Crippen LogP contribution in [0.15, 0.2) is 47.4 Å². The Morgan fingerprint density at radius 3 is 2.54 bits per heavy atom. The second kappa shape index (κ2) is 8.03. The van der Waals surface area contributed by atoms with E-state index in [4.69, 9.17) is 4.74 Å². The minimum atomic E-state index is -3.48. The van der Waals surface area contributed by atoms with Crippen molar-refractivity contribution in [3.63, 3.8) is 0 Å². The SMILES string of the molecule is COc1ccc(S(=O)(=O)N2CCSC(c3ccccc3C)CC2)cc1C. The van der Waals surface area contributed by atoms with Gasteiger partial charge in [-0.05, 0) is 55.2 Å². The Bertz CT molecular complexity index is 880. The third-order valence-electron chi connectivity index (χ3n) is 4.84. The minimum absolute atomic E-state index is 0.342. The second-order valence-corrected chi connectivity index (χ2v) is 9.79. The number of thioether (sulfide) groups is 1. The zero-order valence-corrected chi connectivity index (χ0v) is 17.1. The van der Waals surface area contributed by atoms with E-state index in [2.05, 4.69) is 25.1 Å². The van der Waals surface area contributed by atoms with Gasteiger partial charge >= 0.3 is 0 Å². The molecule has 0 aromatic heterocycles. The summed E-state index contributed by atoms with van der Waals surface area (Å²) in [6.07, 6.45) is 0.823. The zero-order chi connectivity index (χ0) is 18.7. The number of hydrogen-bond acceptors (Lipinski definition) is 4. The summed E-state index contributed by atoms with van der Waals surface area (Å²) >= 11 is 1.85. The molecule has 0 radical (unpaired) electrons. The van der Waals surface area contributed by atoms with Crippen LogP contribution in [-0.2, 0) is 10.0 Å². The maximum atomic E-state index is 13.1. The summed E-state index contributed by atoms with van der Waals surface area (Å²) in [6.45, 7) is 5.07. The van der Waals surface area contributed by atoms with Gasteiger partial charge in [0, 0.05) is 24.1 Å². The molecule has 6 heteroatoms. The van der Waals surface area contributed by atoms with E-state index < -0.39 is 10.0 Å². The number of sulfonamides is 1. The van der Waals surface area contributed by atoms with E-state index in [1.165, 1.54) is 11.1 Å². The fourth-order valence-electron chi connectivity index (χ4n) is 3.35. The molecule has 0 spiro atoms. The minimum Gasteiger partial charge on any atom is -0.496 e. The Hall–Kier alpha value is -1.50. The smallest absolute Gasteiger partial charge is 0.243 e. The van der Waals surface area contributed by atoms with Crippen molar-refractivity contribution in [2.75, 3.05) is 26.0 Å². The Kier molecular flexibility index (Phi) is 5.95. The van der Waals surface area contributed by atoms with Crippen LogP contribution in [0.2, 0.25) is 0 Å². The molecule has 1 unspecified atom stereocenters. The summed E-state index contributed by atoms with van der Waals surface area (Å²) in [6, 6.07) is 13.4.